The first-order valence-electron chi connectivity index (χ1n) is 8.92. The number of ether oxygens (including phenoxy) is 4. The lowest BCUT2D eigenvalue weighted by atomic mass is 10.0. The number of hydrogen-bond acceptors (Lipinski definition) is 6. The van der Waals surface area contributed by atoms with Crippen LogP contribution in [0.15, 0.2) is 48.5 Å². The van der Waals surface area contributed by atoms with E-state index < -0.39 is 37.0 Å². The van der Waals surface area contributed by atoms with Crippen LogP contribution in [0.2, 0.25) is 10.0 Å². The molecule has 2 aliphatic heterocycles. The predicted molar refractivity (Wildman–Crippen MR) is 102 cm³/mol. The van der Waals surface area contributed by atoms with Crippen molar-refractivity contribution >= 4 is 23.2 Å². The van der Waals surface area contributed by atoms with E-state index in [1.54, 1.807) is 36.4 Å². The zero-order valence-electron chi connectivity index (χ0n) is 14.8. The third-order valence-corrected chi connectivity index (χ3v) is 5.22. The topological polar surface area (TPSA) is 77.4 Å². The Morgan fingerprint density at radius 2 is 1.43 bits per heavy atom. The highest BCUT2D eigenvalue weighted by Gasteiger charge is 2.43. The summed E-state index contributed by atoms with van der Waals surface area (Å²) in [5.74, 6) is 0. The van der Waals surface area contributed by atoms with Gasteiger partial charge in [0.2, 0.25) is 0 Å². The number of aliphatic hydroxyl groups is 2. The fraction of sp³-hybridized carbons (Fsp3) is 0.400. The van der Waals surface area contributed by atoms with Gasteiger partial charge in [-0.15, -0.1) is 0 Å². The van der Waals surface area contributed by atoms with Crippen LogP contribution in [-0.4, -0.2) is 47.8 Å². The van der Waals surface area contributed by atoms with Crippen LogP contribution in [0.4, 0.5) is 0 Å². The fourth-order valence-electron chi connectivity index (χ4n) is 3.33. The van der Waals surface area contributed by atoms with Crippen molar-refractivity contribution in [2.75, 3.05) is 13.2 Å². The SMILES string of the molecule is O[C@H]([C@H]1OC(c2cccc(Cl)c2)OC[C@H]1O)[C@@H]1COC(c2cccc(Cl)c2)O1. The van der Waals surface area contributed by atoms with Gasteiger partial charge in [-0.1, -0.05) is 47.5 Å². The van der Waals surface area contributed by atoms with Gasteiger partial charge in [0, 0.05) is 21.2 Å². The number of halogens is 2. The molecule has 0 spiro atoms. The molecule has 6 nitrogen and oxygen atoms in total. The Balaban J connectivity index is 1.44. The number of aliphatic hydroxyl groups excluding tert-OH is 2. The minimum Gasteiger partial charge on any atom is -0.388 e. The van der Waals surface area contributed by atoms with Crippen LogP contribution < -0.4 is 0 Å². The van der Waals surface area contributed by atoms with Gasteiger partial charge in [0.15, 0.2) is 12.6 Å². The Morgan fingerprint density at radius 3 is 2.04 bits per heavy atom. The second-order valence-corrected chi connectivity index (χ2v) is 7.65. The third-order valence-electron chi connectivity index (χ3n) is 4.75. The molecule has 2 heterocycles. The predicted octanol–water partition coefficient (Wildman–Crippen LogP) is 3.24. The van der Waals surface area contributed by atoms with Crippen LogP contribution in [-0.2, 0) is 18.9 Å². The van der Waals surface area contributed by atoms with Gasteiger partial charge >= 0.3 is 0 Å². The van der Waals surface area contributed by atoms with Crippen LogP contribution in [0.3, 0.4) is 0 Å². The van der Waals surface area contributed by atoms with Crippen molar-refractivity contribution in [3.05, 3.63) is 69.7 Å². The van der Waals surface area contributed by atoms with Gasteiger partial charge in [-0.05, 0) is 24.3 Å². The van der Waals surface area contributed by atoms with E-state index in [4.69, 9.17) is 42.1 Å². The van der Waals surface area contributed by atoms with Gasteiger partial charge in [0.25, 0.3) is 0 Å². The Morgan fingerprint density at radius 1 is 0.857 bits per heavy atom. The van der Waals surface area contributed by atoms with Crippen molar-refractivity contribution in [3.63, 3.8) is 0 Å². The smallest absolute Gasteiger partial charge is 0.184 e. The Kier molecular flexibility index (Phi) is 6.20. The van der Waals surface area contributed by atoms with Crippen molar-refractivity contribution in [3.8, 4) is 0 Å². The molecule has 28 heavy (non-hydrogen) atoms. The molecule has 8 heteroatoms. The van der Waals surface area contributed by atoms with E-state index in [0.717, 1.165) is 5.56 Å². The van der Waals surface area contributed by atoms with Gasteiger partial charge in [0.1, 0.15) is 24.4 Å². The Hall–Kier alpha value is -1.22. The van der Waals surface area contributed by atoms with Crippen molar-refractivity contribution in [1.29, 1.82) is 0 Å². The molecule has 150 valence electrons. The lowest BCUT2D eigenvalue weighted by molar-refractivity contribution is -0.283. The van der Waals surface area contributed by atoms with Gasteiger partial charge in [-0.2, -0.15) is 0 Å². The monoisotopic (exact) mass is 426 g/mol. The van der Waals surface area contributed by atoms with Gasteiger partial charge < -0.3 is 29.2 Å². The van der Waals surface area contributed by atoms with Gasteiger partial charge in [-0.3, -0.25) is 0 Å². The maximum Gasteiger partial charge on any atom is 0.184 e. The summed E-state index contributed by atoms with van der Waals surface area (Å²) >= 11 is 12.0. The summed E-state index contributed by atoms with van der Waals surface area (Å²) in [6, 6.07) is 14.2. The first-order valence-corrected chi connectivity index (χ1v) is 9.68. The molecular formula is C20H20Cl2O6. The van der Waals surface area contributed by atoms with E-state index in [1.807, 2.05) is 12.1 Å². The third kappa shape index (κ3) is 4.35. The van der Waals surface area contributed by atoms with E-state index in [2.05, 4.69) is 0 Å². The minimum absolute atomic E-state index is 0.0181. The molecule has 2 aliphatic rings. The summed E-state index contributed by atoms with van der Waals surface area (Å²) in [5, 5.41) is 22.2. The van der Waals surface area contributed by atoms with Crippen LogP contribution in [0.1, 0.15) is 23.7 Å². The first-order chi connectivity index (χ1) is 13.5. The summed E-state index contributed by atoms with van der Waals surface area (Å²) in [5.41, 5.74) is 1.46. The molecule has 2 aromatic carbocycles. The van der Waals surface area contributed by atoms with Crippen LogP contribution in [0.25, 0.3) is 0 Å². The highest BCUT2D eigenvalue weighted by atomic mass is 35.5. The number of benzene rings is 2. The molecule has 2 saturated heterocycles. The standard InChI is InChI=1S/C20H20Cl2O6/c21-13-5-1-3-11(7-13)19-26-10-16(27-19)17(24)18-15(23)9-25-20(28-18)12-4-2-6-14(22)8-12/h1-8,15-20,23-24H,9-10H2/t15-,16+,17+,18+,19?,20?/m1/s1. The second-order valence-electron chi connectivity index (χ2n) is 6.77. The van der Waals surface area contributed by atoms with E-state index in [-0.39, 0.29) is 13.2 Å². The summed E-state index contributed by atoms with van der Waals surface area (Å²) in [6.07, 6.45) is -5.05. The molecule has 4 rings (SSSR count). The van der Waals surface area contributed by atoms with E-state index in [9.17, 15) is 10.2 Å². The first kappa shape index (κ1) is 20.1. The highest BCUT2D eigenvalue weighted by molar-refractivity contribution is 6.30. The van der Waals surface area contributed by atoms with Crippen molar-refractivity contribution in [2.45, 2.75) is 37.0 Å². The number of hydrogen-bond donors (Lipinski definition) is 2. The summed E-state index contributed by atoms with van der Waals surface area (Å²) in [6.45, 7) is 0.178. The largest absolute Gasteiger partial charge is 0.388 e. The average Bonchev–Trinajstić information content (AvgIpc) is 3.18. The van der Waals surface area contributed by atoms with E-state index in [0.29, 0.717) is 15.6 Å². The highest BCUT2D eigenvalue weighted by Crippen LogP contribution is 2.34. The molecule has 0 bridgehead atoms. The lowest BCUT2D eigenvalue weighted by Gasteiger charge is -2.37. The van der Waals surface area contributed by atoms with Crippen molar-refractivity contribution in [1.82, 2.24) is 0 Å². The van der Waals surface area contributed by atoms with Gasteiger partial charge in [-0.25, -0.2) is 0 Å². The summed E-state index contributed by atoms with van der Waals surface area (Å²) in [7, 11) is 0. The molecule has 0 amide bonds. The zero-order valence-corrected chi connectivity index (χ0v) is 16.3. The summed E-state index contributed by atoms with van der Waals surface area (Å²) in [4.78, 5) is 0. The van der Waals surface area contributed by atoms with Crippen molar-refractivity contribution < 1.29 is 29.2 Å². The molecule has 2 unspecified atom stereocenters. The molecule has 0 radical (unpaired) electrons. The molecule has 2 aromatic rings. The van der Waals surface area contributed by atoms with E-state index >= 15 is 0 Å². The summed E-state index contributed by atoms with van der Waals surface area (Å²) < 4.78 is 22.9. The molecule has 2 fully saturated rings. The lowest BCUT2D eigenvalue weighted by Crippen LogP contribution is -2.52. The quantitative estimate of drug-likeness (QED) is 0.781. The fourth-order valence-corrected chi connectivity index (χ4v) is 3.73. The average molecular weight is 427 g/mol. The maximum absolute atomic E-state index is 10.8. The molecule has 0 aliphatic carbocycles. The van der Waals surface area contributed by atoms with Crippen LogP contribution in [0, 0.1) is 0 Å². The van der Waals surface area contributed by atoms with Crippen LogP contribution >= 0.6 is 23.2 Å². The molecule has 0 aromatic heterocycles. The second kappa shape index (κ2) is 8.65. The van der Waals surface area contributed by atoms with Crippen molar-refractivity contribution in [2.24, 2.45) is 0 Å². The zero-order chi connectivity index (χ0) is 19.7. The molecule has 2 N–H and O–H groups in total. The number of rotatable bonds is 4. The van der Waals surface area contributed by atoms with Gasteiger partial charge in [0.05, 0.1) is 13.2 Å². The molecular weight excluding hydrogens is 407 g/mol. The van der Waals surface area contributed by atoms with E-state index in [1.165, 1.54) is 0 Å². The van der Waals surface area contributed by atoms with Crippen LogP contribution in [0.5, 0.6) is 0 Å². The maximum atomic E-state index is 10.8. The molecule has 0 saturated carbocycles. The minimum atomic E-state index is -1.11. The Bertz CT molecular complexity index is 819. The Labute approximate surface area is 172 Å². The normalized spacial score (nSPS) is 31.6. The molecule has 6 atom stereocenters.